The van der Waals surface area contributed by atoms with Crippen molar-refractivity contribution in [1.29, 1.82) is 0 Å². The number of carbonyl (C=O) groups is 2. The number of hydrogen-bond acceptors (Lipinski definition) is 7. The number of aliphatic hydroxyl groups excluding tert-OH is 1. The second-order valence-electron chi connectivity index (χ2n) is 11.6. The lowest BCUT2D eigenvalue weighted by Gasteiger charge is -2.29. The van der Waals surface area contributed by atoms with Gasteiger partial charge in [0.15, 0.2) is 0 Å². The van der Waals surface area contributed by atoms with Crippen molar-refractivity contribution < 1.29 is 23.8 Å². The van der Waals surface area contributed by atoms with Crippen LogP contribution in [0.4, 0.5) is 10.1 Å². The molecule has 8 nitrogen and oxygen atoms in total. The molecule has 1 unspecified atom stereocenters. The summed E-state index contributed by atoms with van der Waals surface area (Å²) < 4.78 is 19.0. The number of nitrogens with two attached hydrogens (primary N) is 1. The van der Waals surface area contributed by atoms with Crippen LogP contribution in [0.3, 0.4) is 0 Å². The molecular weight excluding hydrogens is 567 g/mol. The Morgan fingerprint density at radius 1 is 1.07 bits per heavy atom. The van der Waals surface area contributed by atoms with Gasteiger partial charge in [-0.3, -0.25) is 9.59 Å². The van der Waals surface area contributed by atoms with Crippen LogP contribution >= 0.6 is 11.3 Å². The first-order chi connectivity index (χ1) is 20.6. The van der Waals surface area contributed by atoms with Gasteiger partial charge in [-0.1, -0.05) is 37.3 Å². The van der Waals surface area contributed by atoms with E-state index in [1.807, 2.05) is 56.0 Å². The quantitative estimate of drug-likeness (QED) is 0.190. The van der Waals surface area contributed by atoms with E-state index in [0.717, 1.165) is 18.4 Å². The monoisotopic (exact) mass is 610 g/mol. The molecule has 1 aromatic heterocycles. The topological polar surface area (TPSA) is 117 Å². The van der Waals surface area contributed by atoms with Gasteiger partial charge in [0.25, 0.3) is 11.8 Å². The molecule has 1 aliphatic heterocycles. The van der Waals surface area contributed by atoms with E-state index in [9.17, 15) is 19.1 Å². The number of ether oxygens (including phenoxy) is 1. The van der Waals surface area contributed by atoms with Crippen molar-refractivity contribution in [2.45, 2.75) is 76.9 Å². The van der Waals surface area contributed by atoms with Crippen molar-refractivity contribution in [3.05, 3.63) is 87.9 Å². The van der Waals surface area contributed by atoms with Gasteiger partial charge in [-0.15, -0.1) is 11.3 Å². The molecule has 0 aliphatic carbocycles. The maximum atomic E-state index is 13.4. The van der Waals surface area contributed by atoms with Crippen molar-refractivity contribution in [1.82, 2.24) is 10.2 Å². The first kappa shape index (κ1) is 32.6. The number of rotatable bonds is 14. The lowest BCUT2D eigenvalue weighted by atomic mass is 9.91. The second-order valence-corrected chi connectivity index (χ2v) is 12.7. The molecule has 1 fully saturated rings. The molecule has 5 N–H and O–H groups in total. The summed E-state index contributed by atoms with van der Waals surface area (Å²) in [7, 11) is 0. The minimum absolute atomic E-state index is 0.0393. The van der Waals surface area contributed by atoms with Crippen LogP contribution in [0.25, 0.3) is 0 Å². The second kappa shape index (κ2) is 15.4. The van der Waals surface area contributed by atoms with E-state index in [2.05, 4.69) is 10.6 Å². The van der Waals surface area contributed by atoms with Gasteiger partial charge < -0.3 is 31.1 Å². The van der Waals surface area contributed by atoms with Crippen molar-refractivity contribution in [2.24, 2.45) is 11.7 Å². The number of benzene rings is 2. The number of aliphatic hydroxyl groups is 1. The zero-order valence-electron chi connectivity index (χ0n) is 25.0. The van der Waals surface area contributed by atoms with Crippen LogP contribution in [0.15, 0.2) is 66.7 Å². The lowest BCUT2D eigenvalue weighted by molar-refractivity contribution is 0.0328. The molecule has 43 heavy (non-hydrogen) atoms. The summed E-state index contributed by atoms with van der Waals surface area (Å²) in [4.78, 5) is 29.6. The summed E-state index contributed by atoms with van der Waals surface area (Å²) in [5, 5.41) is 16.8. The van der Waals surface area contributed by atoms with Gasteiger partial charge in [0.1, 0.15) is 12.0 Å². The largest absolute Gasteiger partial charge is 0.377 e. The summed E-state index contributed by atoms with van der Waals surface area (Å²) in [6.07, 6.45) is 1.93. The van der Waals surface area contributed by atoms with Gasteiger partial charge >= 0.3 is 0 Å². The molecule has 232 valence electrons. The van der Waals surface area contributed by atoms with Crippen molar-refractivity contribution >= 4 is 28.8 Å². The predicted octanol–water partition coefficient (Wildman–Crippen LogP) is 5.04. The van der Waals surface area contributed by atoms with Gasteiger partial charge in [0.05, 0.1) is 28.5 Å². The Kier molecular flexibility index (Phi) is 11.7. The molecule has 0 spiro atoms. The molecule has 2 heterocycles. The van der Waals surface area contributed by atoms with Crippen molar-refractivity contribution in [3.8, 4) is 0 Å². The molecule has 2 amide bonds. The fraction of sp³-hybridized carbons (Fsp3) is 0.455. The van der Waals surface area contributed by atoms with Crippen LogP contribution in [0.5, 0.6) is 0 Å². The average molecular weight is 611 g/mol. The van der Waals surface area contributed by atoms with Gasteiger partial charge in [-0.05, 0) is 81.5 Å². The fourth-order valence-corrected chi connectivity index (χ4v) is 6.16. The van der Waals surface area contributed by atoms with Crippen LogP contribution in [-0.4, -0.2) is 65.4 Å². The normalized spacial score (nSPS) is 17.8. The Morgan fingerprint density at radius 3 is 2.47 bits per heavy atom. The predicted molar refractivity (Wildman–Crippen MR) is 169 cm³/mol. The van der Waals surface area contributed by atoms with Crippen molar-refractivity contribution in [3.63, 3.8) is 0 Å². The molecule has 2 aromatic carbocycles. The number of amides is 2. The average Bonchev–Trinajstić information content (AvgIpc) is 3.67. The van der Waals surface area contributed by atoms with E-state index in [4.69, 9.17) is 10.5 Å². The van der Waals surface area contributed by atoms with Gasteiger partial charge in [-0.2, -0.15) is 0 Å². The Bertz CT molecular complexity index is 1320. The summed E-state index contributed by atoms with van der Waals surface area (Å²) in [5.41, 5.74) is 8.29. The van der Waals surface area contributed by atoms with E-state index >= 15 is 0 Å². The number of thiophene rings is 1. The molecule has 4 rings (SSSR count). The zero-order valence-corrected chi connectivity index (χ0v) is 25.9. The molecule has 0 radical (unpaired) electrons. The molecule has 3 aromatic rings. The number of halogens is 1. The summed E-state index contributed by atoms with van der Waals surface area (Å²) in [6.45, 7) is 7.02. The van der Waals surface area contributed by atoms with E-state index in [1.165, 1.54) is 23.5 Å². The standard InChI is InChI=1S/C33H43FN4O4S/c1-21(2)42-20-26-10-7-17-38(26)33(41)30-16-15-29(43-30)32(40)37-28(19-23-8-5-4-6-9-23)27(35)18-22(3)31(39)36-25-13-11-24(34)12-14-25/h4-6,8-9,11-16,21-22,26-28,31,36,39H,7,10,17-20,35H2,1-3H3,(H,37,40)/t22-,26-,27+,28+,31?/m1/s1. The van der Waals surface area contributed by atoms with E-state index in [1.54, 1.807) is 24.3 Å². The smallest absolute Gasteiger partial charge is 0.264 e. The minimum atomic E-state index is -0.921. The number of hydrogen-bond donors (Lipinski definition) is 4. The van der Waals surface area contributed by atoms with Gasteiger partial charge in [-0.25, -0.2) is 4.39 Å². The number of likely N-dealkylation sites (tertiary alicyclic amines) is 1. The summed E-state index contributed by atoms with van der Waals surface area (Å²) >= 11 is 1.18. The highest BCUT2D eigenvalue weighted by Gasteiger charge is 2.31. The molecule has 10 heteroatoms. The molecule has 1 aliphatic rings. The fourth-order valence-electron chi connectivity index (χ4n) is 5.29. The Labute approximate surface area is 257 Å². The van der Waals surface area contributed by atoms with Crippen LogP contribution in [0.2, 0.25) is 0 Å². The summed E-state index contributed by atoms with van der Waals surface area (Å²) in [6, 6.07) is 18.1. The van der Waals surface area contributed by atoms with E-state index in [-0.39, 0.29) is 35.7 Å². The number of nitrogens with one attached hydrogen (secondary N) is 2. The maximum Gasteiger partial charge on any atom is 0.264 e. The third-order valence-corrected chi connectivity index (χ3v) is 8.85. The lowest BCUT2D eigenvalue weighted by Crippen LogP contribution is -2.50. The first-order valence-corrected chi connectivity index (χ1v) is 15.7. The molecule has 0 saturated carbocycles. The number of nitrogens with zero attached hydrogens (tertiary/aromatic N) is 1. The third-order valence-electron chi connectivity index (χ3n) is 7.77. The molecule has 1 saturated heterocycles. The van der Waals surface area contributed by atoms with Crippen LogP contribution < -0.4 is 16.4 Å². The number of anilines is 1. The molecule has 5 atom stereocenters. The highest BCUT2D eigenvalue weighted by molar-refractivity contribution is 7.15. The van der Waals surface area contributed by atoms with Crippen LogP contribution in [-0.2, 0) is 11.2 Å². The van der Waals surface area contributed by atoms with E-state index in [0.29, 0.717) is 41.4 Å². The zero-order chi connectivity index (χ0) is 30.9. The van der Waals surface area contributed by atoms with Gasteiger partial charge in [0.2, 0.25) is 0 Å². The Hall–Kier alpha value is -3.31. The first-order valence-electron chi connectivity index (χ1n) is 14.9. The van der Waals surface area contributed by atoms with Gasteiger partial charge in [0, 0.05) is 30.2 Å². The SMILES string of the molecule is CC(C)OC[C@H]1CCCN1C(=O)c1ccc(C(=O)N[C@@H](Cc2ccccc2)[C@@H](N)C[C@@H](C)C(O)Nc2ccc(F)cc2)s1. The summed E-state index contributed by atoms with van der Waals surface area (Å²) in [5.74, 6) is -0.991. The van der Waals surface area contributed by atoms with Crippen LogP contribution in [0, 0.1) is 11.7 Å². The van der Waals surface area contributed by atoms with Crippen LogP contribution in [0.1, 0.15) is 64.9 Å². The highest BCUT2D eigenvalue weighted by Crippen LogP contribution is 2.25. The minimum Gasteiger partial charge on any atom is -0.377 e. The molecule has 0 bridgehead atoms. The highest BCUT2D eigenvalue weighted by atomic mass is 32.1. The maximum absolute atomic E-state index is 13.4. The van der Waals surface area contributed by atoms with E-state index < -0.39 is 18.3 Å². The Morgan fingerprint density at radius 2 is 1.77 bits per heavy atom. The third kappa shape index (κ3) is 9.34. The molecular formula is C33H43FN4O4S. The Balaban J connectivity index is 1.41. The van der Waals surface area contributed by atoms with Crippen molar-refractivity contribution in [2.75, 3.05) is 18.5 Å². The number of carbonyl (C=O) groups excluding carboxylic acids is 2.